The number of carbonyl (C=O) groups excluding carboxylic acids is 1. The number of ether oxygens (including phenoxy) is 1. The molecule has 36 heavy (non-hydrogen) atoms. The van der Waals surface area contributed by atoms with Gasteiger partial charge in [-0.25, -0.2) is 0 Å². The Hall–Kier alpha value is -2.99. The molecule has 1 aromatic heterocycles. The van der Waals surface area contributed by atoms with Crippen LogP contribution in [-0.4, -0.2) is 53.4 Å². The van der Waals surface area contributed by atoms with Crippen molar-refractivity contribution in [1.82, 2.24) is 14.8 Å². The number of rotatable bonds is 7. The summed E-state index contributed by atoms with van der Waals surface area (Å²) in [6.45, 7) is 6.54. The highest BCUT2D eigenvalue weighted by Crippen LogP contribution is 2.37. The number of halogens is 2. The van der Waals surface area contributed by atoms with Gasteiger partial charge in [0, 0.05) is 65.7 Å². The third-order valence-corrected chi connectivity index (χ3v) is 7.40. The zero-order valence-corrected chi connectivity index (χ0v) is 21.7. The van der Waals surface area contributed by atoms with E-state index < -0.39 is 0 Å². The topological polar surface area (TPSA) is 48.6 Å². The first kappa shape index (κ1) is 24.7. The lowest BCUT2D eigenvalue weighted by atomic mass is 9.87. The second-order valence-corrected chi connectivity index (χ2v) is 10.0. The van der Waals surface area contributed by atoms with Gasteiger partial charge >= 0.3 is 0 Å². The molecular weight excluding hydrogens is 493 g/mol. The third-order valence-electron chi connectivity index (χ3n) is 6.91. The molecular formula is C29H29Cl2N3O2. The maximum Gasteiger partial charge on any atom is 0.223 e. The number of amides is 1. The van der Waals surface area contributed by atoms with Crippen molar-refractivity contribution >= 4 is 40.0 Å². The second kappa shape index (κ2) is 11.0. The molecule has 1 fully saturated rings. The molecule has 2 heterocycles. The fraction of sp³-hybridized carbons (Fsp3) is 0.276. The fourth-order valence-corrected chi connectivity index (χ4v) is 5.16. The van der Waals surface area contributed by atoms with Gasteiger partial charge in [-0.05, 0) is 72.3 Å². The van der Waals surface area contributed by atoms with E-state index in [1.807, 2.05) is 59.6 Å². The SMILES string of the molecule is CCN1CCN(C(=O)C[C@@H](c2cccc(Oc3ccc(Cl)cc3)c2)c2c[nH]c3ccc(Cl)cc23)CC1. The molecule has 1 aliphatic rings. The van der Waals surface area contributed by atoms with Crippen molar-refractivity contribution in [3.8, 4) is 11.5 Å². The zero-order valence-electron chi connectivity index (χ0n) is 20.2. The minimum atomic E-state index is -0.150. The van der Waals surface area contributed by atoms with E-state index >= 15 is 0 Å². The molecule has 0 bridgehead atoms. The Kier molecular flexibility index (Phi) is 7.51. The van der Waals surface area contributed by atoms with Crippen molar-refractivity contribution in [2.24, 2.45) is 0 Å². The average Bonchev–Trinajstić information content (AvgIpc) is 3.31. The van der Waals surface area contributed by atoms with E-state index in [9.17, 15) is 4.79 Å². The van der Waals surface area contributed by atoms with Crippen LogP contribution >= 0.6 is 23.2 Å². The molecule has 0 spiro atoms. The van der Waals surface area contributed by atoms with Gasteiger partial charge in [-0.3, -0.25) is 4.79 Å². The summed E-state index contributed by atoms with van der Waals surface area (Å²) in [5, 5.41) is 2.36. The molecule has 0 saturated carbocycles. The number of hydrogen-bond acceptors (Lipinski definition) is 3. The lowest BCUT2D eigenvalue weighted by Gasteiger charge is -2.35. The molecule has 4 aromatic rings. The molecule has 1 N–H and O–H groups in total. The van der Waals surface area contributed by atoms with Gasteiger partial charge < -0.3 is 19.5 Å². The number of likely N-dealkylation sites (N-methyl/N-ethyl adjacent to an activating group) is 1. The Morgan fingerprint density at radius 2 is 1.69 bits per heavy atom. The summed E-state index contributed by atoms with van der Waals surface area (Å²) in [5.41, 5.74) is 3.07. The van der Waals surface area contributed by atoms with Crippen LogP contribution in [0.4, 0.5) is 0 Å². The van der Waals surface area contributed by atoms with Gasteiger partial charge in [0.05, 0.1) is 0 Å². The van der Waals surface area contributed by atoms with Crippen LogP contribution < -0.4 is 4.74 Å². The monoisotopic (exact) mass is 521 g/mol. The summed E-state index contributed by atoms with van der Waals surface area (Å²) in [5.74, 6) is 1.43. The number of benzene rings is 3. The van der Waals surface area contributed by atoms with Gasteiger partial charge in [0.2, 0.25) is 5.91 Å². The van der Waals surface area contributed by atoms with Gasteiger partial charge in [-0.2, -0.15) is 0 Å². The van der Waals surface area contributed by atoms with Gasteiger partial charge in [0.25, 0.3) is 0 Å². The number of carbonyl (C=O) groups is 1. The van der Waals surface area contributed by atoms with E-state index in [1.165, 1.54) is 0 Å². The molecule has 1 amide bonds. The number of nitrogens with zero attached hydrogens (tertiary/aromatic N) is 2. The van der Waals surface area contributed by atoms with E-state index in [4.69, 9.17) is 27.9 Å². The molecule has 7 heteroatoms. The number of aromatic nitrogens is 1. The van der Waals surface area contributed by atoms with Crippen molar-refractivity contribution in [2.45, 2.75) is 19.3 Å². The van der Waals surface area contributed by atoms with Crippen LogP contribution in [-0.2, 0) is 4.79 Å². The van der Waals surface area contributed by atoms with Crippen LogP contribution in [0.3, 0.4) is 0 Å². The lowest BCUT2D eigenvalue weighted by molar-refractivity contribution is -0.133. The largest absolute Gasteiger partial charge is 0.457 e. The lowest BCUT2D eigenvalue weighted by Crippen LogP contribution is -2.48. The average molecular weight is 522 g/mol. The first-order valence-corrected chi connectivity index (χ1v) is 13.1. The van der Waals surface area contributed by atoms with Crippen LogP contribution in [0.15, 0.2) is 72.9 Å². The fourth-order valence-electron chi connectivity index (χ4n) is 4.86. The van der Waals surface area contributed by atoms with Crippen molar-refractivity contribution in [1.29, 1.82) is 0 Å². The maximum atomic E-state index is 13.5. The van der Waals surface area contributed by atoms with E-state index in [0.717, 1.165) is 54.8 Å². The number of hydrogen-bond donors (Lipinski definition) is 1. The molecule has 1 saturated heterocycles. The van der Waals surface area contributed by atoms with Gasteiger partial charge in [0.1, 0.15) is 11.5 Å². The van der Waals surface area contributed by atoms with Crippen LogP contribution in [0.1, 0.15) is 30.4 Å². The van der Waals surface area contributed by atoms with Crippen molar-refractivity contribution in [3.63, 3.8) is 0 Å². The summed E-state index contributed by atoms with van der Waals surface area (Å²) in [4.78, 5) is 21.2. The number of piperazine rings is 1. The third kappa shape index (κ3) is 5.54. The minimum Gasteiger partial charge on any atom is -0.457 e. The van der Waals surface area contributed by atoms with Crippen LogP contribution in [0, 0.1) is 0 Å². The van der Waals surface area contributed by atoms with Crippen LogP contribution in [0.2, 0.25) is 10.0 Å². The van der Waals surface area contributed by atoms with Crippen molar-refractivity contribution < 1.29 is 9.53 Å². The number of H-pyrrole nitrogens is 1. The number of nitrogens with one attached hydrogen (secondary N) is 1. The molecule has 0 radical (unpaired) electrons. The summed E-state index contributed by atoms with van der Waals surface area (Å²) in [6.07, 6.45) is 2.37. The maximum absolute atomic E-state index is 13.5. The highest BCUT2D eigenvalue weighted by Gasteiger charge is 2.27. The Labute approximate surface area is 221 Å². The van der Waals surface area contributed by atoms with E-state index in [0.29, 0.717) is 28.0 Å². The smallest absolute Gasteiger partial charge is 0.223 e. The van der Waals surface area contributed by atoms with Gasteiger partial charge in [-0.1, -0.05) is 42.3 Å². The molecule has 186 valence electrons. The number of fused-ring (bicyclic) bond motifs is 1. The van der Waals surface area contributed by atoms with Gasteiger partial charge in [-0.15, -0.1) is 0 Å². The summed E-state index contributed by atoms with van der Waals surface area (Å²) in [6, 6.07) is 21.1. The molecule has 5 nitrogen and oxygen atoms in total. The summed E-state index contributed by atoms with van der Waals surface area (Å²) < 4.78 is 6.11. The second-order valence-electron chi connectivity index (χ2n) is 9.13. The first-order valence-electron chi connectivity index (χ1n) is 12.3. The normalized spacial score (nSPS) is 15.2. The molecule has 5 rings (SSSR count). The van der Waals surface area contributed by atoms with E-state index in [2.05, 4.69) is 22.9 Å². The van der Waals surface area contributed by atoms with E-state index in [-0.39, 0.29) is 11.8 Å². The predicted octanol–water partition coefficient (Wildman–Crippen LogP) is 6.95. The Morgan fingerprint density at radius 1 is 0.944 bits per heavy atom. The predicted molar refractivity (Wildman–Crippen MR) is 146 cm³/mol. The van der Waals surface area contributed by atoms with Crippen molar-refractivity contribution in [3.05, 3.63) is 94.1 Å². The number of aromatic amines is 1. The summed E-state index contributed by atoms with van der Waals surface area (Å²) >= 11 is 12.4. The highest BCUT2D eigenvalue weighted by atomic mass is 35.5. The van der Waals surface area contributed by atoms with Crippen LogP contribution in [0.25, 0.3) is 10.9 Å². The molecule has 0 aliphatic carbocycles. The molecule has 1 aliphatic heterocycles. The Bertz CT molecular complexity index is 1340. The standard InChI is InChI=1S/C29H29Cl2N3O2/c1-2-33-12-14-34(15-13-33)29(35)18-25(27-19-32-28-11-8-22(31)17-26(27)28)20-4-3-5-24(16-20)36-23-9-6-21(30)7-10-23/h3-11,16-17,19,25,32H,2,12-15,18H2,1H3/t25-/m0/s1. The molecule has 3 aromatic carbocycles. The van der Waals surface area contributed by atoms with Crippen molar-refractivity contribution in [2.75, 3.05) is 32.7 Å². The summed E-state index contributed by atoms with van der Waals surface area (Å²) in [7, 11) is 0. The first-order chi connectivity index (χ1) is 17.5. The van der Waals surface area contributed by atoms with Gasteiger partial charge in [0.15, 0.2) is 0 Å². The quantitative estimate of drug-likeness (QED) is 0.286. The van der Waals surface area contributed by atoms with E-state index in [1.54, 1.807) is 12.1 Å². The highest BCUT2D eigenvalue weighted by molar-refractivity contribution is 6.31. The zero-order chi connectivity index (χ0) is 25.1. The Morgan fingerprint density at radius 3 is 2.44 bits per heavy atom. The molecule has 1 atom stereocenters. The Balaban J connectivity index is 1.47. The van der Waals surface area contributed by atoms with Crippen LogP contribution in [0.5, 0.6) is 11.5 Å². The minimum absolute atomic E-state index is 0.150. The molecule has 0 unspecified atom stereocenters.